The lowest BCUT2D eigenvalue weighted by molar-refractivity contribution is -0.128. The number of hydrogen-bond acceptors (Lipinski definition) is 6. The largest absolute Gasteiger partial charge is 0.457 e. The van der Waals surface area contributed by atoms with Gasteiger partial charge in [0, 0.05) is 12.1 Å². The summed E-state index contributed by atoms with van der Waals surface area (Å²) in [4.78, 5) is 23.1. The van der Waals surface area contributed by atoms with Crippen LogP contribution in [0.15, 0.2) is 73.6 Å². The maximum Gasteiger partial charge on any atom is 0.246 e. The number of anilines is 1. The molecule has 2 aliphatic rings. The number of piperidine rings is 1. The summed E-state index contributed by atoms with van der Waals surface area (Å²) in [7, 11) is 0. The summed E-state index contributed by atoms with van der Waals surface area (Å²) in [5.41, 5.74) is 8.62. The number of amides is 1. The molecule has 1 aliphatic heterocycles. The molecule has 1 aliphatic carbocycles. The van der Waals surface area contributed by atoms with Gasteiger partial charge in [-0.3, -0.25) is 4.79 Å². The van der Waals surface area contributed by atoms with E-state index in [9.17, 15) is 4.79 Å². The smallest absolute Gasteiger partial charge is 0.246 e. The van der Waals surface area contributed by atoms with E-state index < -0.39 is 0 Å². The summed E-state index contributed by atoms with van der Waals surface area (Å²) in [6, 6.07) is 17.5. The van der Waals surface area contributed by atoms with E-state index in [-0.39, 0.29) is 18.0 Å². The molecule has 0 radical (unpaired) electrons. The number of nitrogens with two attached hydrogens (primary N) is 1. The topological polar surface area (TPSA) is 99.2 Å². The first-order valence-corrected chi connectivity index (χ1v) is 11.4. The number of ether oxygens (including phenoxy) is 1. The second kappa shape index (κ2) is 7.98. The van der Waals surface area contributed by atoms with E-state index in [1.54, 1.807) is 0 Å². The average Bonchev–Trinajstić information content (AvgIpc) is 3.58. The SMILES string of the molecule is C=CC(=O)N1CC2CC1C(n1nc(-c3ccc(Oc4ccccc4)cc3)c3c(N)ncnc31)C2. The maximum absolute atomic E-state index is 12.4. The number of hydrogen-bond donors (Lipinski definition) is 1. The van der Waals surface area contributed by atoms with E-state index in [0.29, 0.717) is 17.4 Å². The summed E-state index contributed by atoms with van der Waals surface area (Å²) >= 11 is 0. The van der Waals surface area contributed by atoms with Gasteiger partial charge in [-0.2, -0.15) is 5.10 Å². The molecule has 6 rings (SSSR count). The highest BCUT2D eigenvalue weighted by molar-refractivity contribution is 5.98. The second-order valence-electron chi connectivity index (χ2n) is 8.86. The average molecular weight is 453 g/mol. The Hall–Kier alpha value is -4.20. The third kappa shape index (κ3) is 3.30. The zero-order chi connectivity index (χ0) is 23.2. The van der Waals surface area contributed by atoms with Crippen molar-refractivity contribution in [3.8, 4) is 22.8 Å². The van der Waals surface area contributed by atoms with Crippen molar-refractivity contribution < 1.29 is 9.53 Å². The molecular formula is C26H24N6O2. The Morgan fingerprint density at radius 2 is 1.76 bits per heavy atom. The molecule has 170 valence electrons. The van der Waals surface area contributed by atoms with Crippen LogP contribution in [0.2, 0.25) is 0 Å². The van der Waals surface area contributed by atoms with Crippen LogP contribution in [0, 0.1) is 5.92 Å². The minimum Gasteiger partial charge on any atom is -0.457 e. The molecule has 0 spiro atoms. The maximum atomic E-state index is 12.4. The van der Waals surface area contributed by atoms with Gasteiger partial charge in [0.2, 0.25) is 5.91 Å². The Labute approximate surface area is 196 Å². The third-order valence-electron chi connectivity index (χ3n) is 6.85. The molecule has 2 bridgehead atoms. The van der Waals surface area contributed by atoms with Crippen molar-refractivity contribution in [3.63, 3.8) is 0 Å². The molecule has 4 aromatic rings. The Balaban J connectivity index is 1.38. The third-order valence-corrected chi connectivity index (χ3v) is 6.85. The van der Waals surface area contributed by atoms with Gasteiger partial charge in [0.1, 0.15) is 29.3 Å². The highest BCUT2D eigenvalue weighted by Gasteiger charge is 2.48. The van der Waals surface area contributed by atoms with Gasteiger partial charge in [-0.25, -0.2) is 14.6 Å². The summed E-state index contributed by atoms with van der Waals surface area (Å²) < 4.78 is 7.87. The molecule has 2 fully saturated rings. The highest BCUT2D eigenvalue weighted by atomic mass is 16.5. The molecule has 34 heavy (non-hydrogen) atoms. The van der Waals surface area contributed by atoms with Crippen LogP contribution in [0.4, 0.5) is 5.82 Å². The van der Waals surface area contributed by atoms with Crippen molar-refractivity contribution in [1.29, 1.82) is 0 Å². The predicted molar refractivity (Wildman–Crippen MR) is 129 cm³/mol. The number of carbonyl (C=O) groups excluding carboxylic acids is 1. The Kier molecular flexibility index (Phi) is 4.79. The van der Waals surface area contributed by atoms with Gasteiger partial charge in [0.05, 0.1) is 17.5 Å². The van der Waals surface area contributed by atoms with Gasteiger partial charge >= 0.3 is 0 Å². The van der Waals surface area contributed by atoms with E-state index in [1.165, 1.54) is 12.4 Å². The first-order chi connectivity index (χ1) is 16.6. The molecule has 3 heterocycles. The van der Waals surface area contributed by atoms with E-state index in [0.717, 1.165) is 47.5 Å². The van der Waals surface area contributed by atoms with Crippen molar-refractivity contribution in [2.24, 2.45) is 5.92 Å². The normalized spacial score (nSPS) is 21.2. The van der Waals surface area contributed by atoms with Gasteiger partial charge in [0.15, 0.2) is 5.65 Å². The number of fused-ring (bicyclic) bond motifs is 3. The standard InChI is InChI=1S/C26H24N6O2/c1-2-22(33)31-14-16-12-20(31)21(13-16)32-26-23(25(27)28-15-29-26)24(30-32)17-8-10-19(11-9-17)34-18-6-4-3-5-7-18/h2-11,15-16,20-21H,1,12-14H2,(H2,27,28,29). The lowest BCUT2D eigenvalue weighted by Crippen LogP contribution is -2.42. The van der Waals surface area contributed by atoms with Gasteiger partial charge in [-0.15, -0.1) is 0 Å². The van der Waals surface area contributed by atoms with Gasteiger partial charge in [-0.05, 0) is 61.2 Å². The van der Waals surface area contributed by atoms with Gasteiger partial charge in [0.25, 0.3) is 0 Å². The van der Waals surface area contributed by atoms with E-state index in [2.05, 4.69) is 16.5 Å². The van der Waals surface area contributed by atoms with Crippen LogP contribution < -0.4 is 10.5 Å². The zero-order valence-electron chi connectivity index (χ0n) is 18.5. The quantitative estimate of drug-likeness (QED) is 0.455. The highest BCUT2D eigenvalue weighted by Crippen LogP contribution is 2.46. The molecule has 3 atom stereocenters. The van der Waals surface area contributed by atoms with Crippen LogP contribution in [0.5, 0.6) is 11.5 Å². The summed E-state index contributed by atoms with van der Waals surface area (Å²) in [5, 5.41) is 5.71. The number of rotatable bonds is 5. The van der Waals surface area contributed by atoms with Crippen molar-refractivity contribution in [1.82, 2.24) is 24.6 Å². The molecule has 2 aromatic heterocycles. The lowest BCUT2D eigenvalue weighted by atomic mass is 10.1. The van der Waals surface area contributed by atoms with Crippen LogP contribution in [0.25, 0.3) is 22.3 Å². The Morgan fingerprint density at radius 1 is 1.03 bits per heavy atom. The van der Waals surface area contributed by atoms with Gasteiger partial charge in [-0.1, -0.05) is 24.8 Å². The van der Waals surface area contributed by atoms with Crippen molar-refractivity contribution in [3.05, 3.63) is 73.6 Å². The molecule has 8 heteroatoms. The Bertz CT molecular complexity index is 1380. The number of carbonyl (C=O) groups is 1. The first kappa shape index (κ1) is 20.4. The van der Waals surface area contributed by atoms with E-state index in [1.807, 2.05) is 64.2 Å². The number of nitrogen functional groups attached to an aromatic ring is 1. The molecule has 2 N–H and O–H groups in total. The molecule has 8 nitrogen and oxygen atoms in total. The molecule has 1 amide bonds. The summed E-state index contributed by atoms with van der Waals surface area (Å²) in [5.74, 6) is 2.32. The number of aromatic nitrogens is 4. The van der Waals surface area contributed by atoms with Crippen molar-refractivity contribution >= 4 is 22.8 Å². The number of benzene rings is 2. The first-order valence-electron chi connectivity index (χ1n) is 11.4. The number of para-hydroxylation sites is 1. The summed E-state index contributed by atoms with van der Waals surface area (Å²) in [6.07, 6.45) is 4.78. The van der Waals surface area contributed by atoms with E-state index in [4.69, 9.17) is 15.6 Å². The van der Waals surface area contributed by atoms with Crippen LogP contribution >= 0.6 is 0 Å². The van der Waals surface area contributed by atoms with Crippen molar-refractivity contribution in [2.75, 3.05) is 12.3 Å². The second-order valence-corrected chi connectivity index (χ2v) is 8.86. The predicted octanol–water partition coefficient (Wildman–Crippen LogP) is 4.22. The molecule has 2 aromatic carbocycles. The minimum atomic E-state index is -0.0305. The van der Waals surface area contributed by atoms with Crippen LogP contribution in [0.3, 0.4) is 0 Å². The molecule has 3 unspecified atom stereocenters. The monoisotopic (exact) mass is 452 g/mol. The van der Waals surface area contributed by atoms with Crippen molar-refractivity contribution in [2.45, 2.75) is 24.9 Å². The summed E-state index contributed by atoms with van der Waals surface area (Å²) in [6.45, 7) is 4.44. The van der Waals surface area contributed by atoms with E-state index >= 15 is 0 Å². The number of likely N-dealkylation sites (tertiary alicyclic amines) is 1. The van der Waals surface area contributed by atoms with Gasteiger partial charge < -0.3 is 15.4 Å². The van der Waals surface area contributed by atoms with Crippen LogP contribution in [0.1, 0.15) is 18.9 Å². The fourth-order valence-corrected chi connectivity index (χ4v) is 5.36. The Morgan fingerprint density at radius 3 is 2.50 bits per heavy atom. The van der Waals surface area contributed by atoms with Crippen LogP contribution in [-0.4, -0.2) is 43.1 Å². The fraction of sp³-hybridized carbons (Fsp3) is 0.231. The number of nitrogens with zero attached hydrogens (tertiary/aromatic N) is 5. The fourth-order valence-electron chi connectivity index (χ4n) is 5.36. The minimum absolute atomic E-state index is 0.0305. The van der Waals surface area contributed by atoms with Crippen LogP contribution in [-0.2, 0) is 4.79 Å². The molecule has 1 saturated carbocycles. The lowest BCUT2D eigenvalue weighted by Gasteiger charge is -2.32. The molecule has 1 saturated heterocycles. The molecular weight excluding hydrogens is 428 g/mol. The zero-order valence-corrected chi connectivity index (χ0v) is 18.5.